The number of imide groups is 1. The Kier molecular flexibility index (Phi) is 6.42. The van der Waals surface area contributed by atoms with Gasteiger partial charge in [-0.15, -0.1) is 0 Å². The van der Waals surface area contributed by atoms with E-state index in [1.165, 1.54) is 16.7 Å². The summed E-state index contributed by atoms with van der Waals surface area (Å²) in [6.45, 7) is 0.575. The second-order valence-corrected chi connectivity index (χ2v) is 9.29. The van der Waals surface area contributed by atoms with Gasteiger partial charge in [0.1, 0.15) is 5.25 Å². The molecule has 9 heteroatoms. The zero-order chi connectivity index (χ0) is 23.5. The molecular formula is C25H20ClN3O4S. The summed E-state index contributed by atoms with van der Waals surface area (Å²) < 4.78 is 10.8. The number of rotatable bonds is 5. The highest BCUT2D eigenvalue weighted by molar-refractivity contribution is 8.15. The van der Waals surface area contributed by atoms with Crippen molar-refractivity contribution in [2.24, 2.45) is 4.99 Å². The summed E-state index contributed by atoms with van der Waals surface area (Å²) in [6.07, 6.45) is 0.0789. The monoisotopic (exact) mass is 493 g/mol. The third-order valence-corrected chi connectivity index (χ3v) is 6.64. The maximum atomic E-state index is 13.1. The van der Waals surface area contributed by atoms with Gasteiger partial charge in [-0.1, -0.05) is 53.7 Å². The van der Waals surface area contributed by atoms with Crippen LogP contribution < -0.4 is 19.7 Å². The number of amidine groups is 1. The molecule has 0 aromatic heterocycles. The Bertz CT molecular complexity index is 1270. The van der Waals surface area contributed by atoms with E-state index >= 15 is 0 Å². The normalized spacial score (nSPS) is 17.4. The summed E-state index contributed by atoms with van der Waals surface area (Å²) >= 11 is 7.31. The quantitative estimate of drug-likeness (QED) is 0.302. The Hall–Kier alpha value is -3.49. The highest BCUT2D eigenvalue weighted by Crippen LogP contribution is 2.34. The van der Waals surface area contributed by atoms with E-state index in [9.17, 15) is 9.59 Å². The van der Waals surface area contributed by atoms with Crippen LogP contribution in [0, 0.1) is 0 Å². The van der Waals surface area contributed by atoms with Crippen LogP contribution in [0.15, 0.2) is 77.8 Å². The molecule has 1 atom stereocenters. The van der Waals surface area contributed by atoms with Crippen LogP contribution in [0.4, 0.5) is 11.4 Å². The standard InChI is InChI=1S/C25H20ClN3O4S/c26-17-5-4-8-19(12-17)29-23(30)13-22(24(29)31)34-25(28-18-6-2-1-3-7-18)27-14-16-9-10-20-21(11-16)33-15-32-20/h1-12,22H,13-15H2,(H,27,28). The van der Waals surface area contributed by atoms with Crippen molar-refractivity contribution >= 4 is 51.7 Å². The van der Waals surface area contributed by atoms with Gasteiger partial charge in [-0.25, -0.2) is 4.90 Å². The van der Waals surface area contributed by atoms with E-state index < -0.39 is 5.25 Å². The minimum absolute atomic E-state index is 0.0789. The fraction of sp³-hybridized carbons (Fsp3) is 0.160. The lowest BCUT2D eigenvalue weighted by Gasteiger charge is -2.16. The first kappa shape index (κ1) is 22.3. The van der Waals surface area contributed by atoms with Gasteiger partial charge in [0.05, 0.1) is 12.2 Å². The Labute approximate surface area is 205 Å². The van der Waals surface area contributed by atoms with Crippen LogP contribution in [-0.2, 0) is 16.1 Å². The lowest BCUT2D eigenvalue weighted by Crippen LogP contribution is -2.31. The highest BCUT2D eigenvalue weighted by Gasteiger charge is 2.41. The zero-order valence-corrected chi connectivity index (χ0v) is 19.5. The van der Waals surface area contributed by atoms with Crippen LogP contribution in [0.1, 0.15) is 12.0 Å². The second-order valence-electron chi connectivity index (χ2n) is 7.66. The van der Waals surface area contributed by atoms with Crippen LogP contribution in [-0.4, -0.2) is 29.0 Å². The van der Waals surface area contributed by atoms with E-state index in [1.807, 2.05) is 48.5 Å². The number of nitrogens with one attached hydrogen (secondary N) is 1. The van der Waals surface area contributed by atoms with Crippen LogP contribution in [0.5, 0.6) is 11.5 Å². The number of benzene rings is 3. The molecule has 0 saturated carbocycles. The maximum Gasteiger partial charge on any atom is 0.247 e. The first-order chi connectivity index (χ1) is 16.6. The molecule has 0 aliphatic carbocycles. The molecule has 1 N–H and O–H groups in total. The number of hydrogen-bond donors (Lipinski definition) is 1. The number of thioether (sulfide) groups is 1. The molecule has 0 bridgehead atoms. The van der Waals surface area contributed by atoms with Gasteiger partial charge in [0.25, 0.3) is 0 Å². The number of halogens is 1. The van der Waals surface area contributed by atoms with Gasteiger partial charge in [0, 0.05) is 17.1 Å². The fourth-order valence-electron chi connectivity index (χ4n) is 3.67. The summed E-state index contributed by atoms with van der Waals surface area (Å²) in [7, 11) is 0. The van der Waals surface area contributed by atoms with Crippen molar-refractivity contribution in [1.82, 2.24) is 0 Å². The summed E-state index contributed by atoms with van der Waals surface area (Å²) in [5.41, 5.74) is 2.25. The van der Waals surface area contributed by atoms with E-state index in [0.29, 0.717) is 33.9 Å². The number of amides is 2. The summed E-state index contributed by atoms with van der Waals surface area (Å²) in [5.74, 6) is 0.843. The van der Waals surface area contributed by atoms with Gasteiger partial charge in [0.2, 0.25) is 18.6 Å². The summed E-state index contributed by atoms with van der Waals surface area (Å²) in [4.78, 5) is 31.8. The first-order valence-electron chi connectivity index (χ1n) is 10.6. The van der Waals surface area contributed by atoms with Gasteiger partial charge in [-0.05, 0) is 48.0 Å². The van der Waals surface area contributed by atoms with Crippen molar-refractivity contribution in [1.29, 1.82) is 0 Å². The summed E-state index contributed by atoms with van der Waals surface area (Å²) in [6, 6.07) is 22.0. The smallest absolute Gasteiger partial charge is 0.247 e. The van der Waals surface area contributed by atoms with Gasteiger partial charge in [-0.2, -0.15) is 0 Å². The van der Waals surface area contributed by atoms with Gasteiger partial charge in [0.15, 0.2) is 16.7 Å². The predicted molar refractivity (Wildman–Crippen MR) is 134 cm³/mol. The number of nitrogens with zero attached hydrogens (tertiary/aromatic N) is 2. The third kappa shape index (κ3) is 4.88. The van der Waals surface area contributed by atoms with Crippen LogP contribution in [0.25, 0.3) is 0 Å². The third-order valence-electron chi connectivity index (χ3n) is 5.29. The lowest BCUT2D eigenvalue weighted by atomic mass is 10.2. The minimum atomic E-state index is -0.599. The average molecular weight is 494 g/mol. The Balaban J connectivity index is 1.36. The zero-order valence-electron chi connectivity index (χ0n) is 17.9. The molecule has 2 aliphatic heterocycles. The SMILES string of the molecule is O=C1CC(SC(=NCc2ccc3c(c2)OCO3)Nc2ccccc2)C(=O)N1c1cccc(Cl)c1. The van der Waals surface area contributed by atoms with Gasteiger partial charge < -0.3 is 14.8 Å². The molecule has 3 aromatic rings. The lowest BCUT2D eigenvalue weighted by molar-refractivity contribution is -0.121. The molecule has 34 heavy (non-hydrogen) atoms. The van der Waals surface area contributed by atoms with E-state index in [0.717, 1.165) is 11.3 Å². The number of fused-ring (bicyclic) bond motifs is 1. The van der Waals surface area contributed by atoms with Crippen molar-refractivity contribution in [2.75, 3.05) is 17.0 Å². The number of aliphatic imine (C=N–C) groups is 1. The Morgan fingerprint density at radius 2 is 1.85 bits per heavy atom. The molecule has 7 nitrogen and oxygen atoms in total. The van der Waals surface area contributed by atoms with E-state index in [-0.39, 0.29) is 25.0 Å². The van der Waals surface area contributed by atoms with Gasteiger partial charge >= 0.3 is 0 Å². The van der Waals surface area contributed by atoms with Crippen molar-refractivity contribution in [2.45, 2.75) is 18.2 Å². The number of carbonyl (C=O) groups excluding carboxylic acids is 2. The molecule has 1 fully saturated rings. The van der Waals surface area contributed by atoms with Crippen molar-refractivity contribution < 1.29 is 19.1 Å². The Morgan fingerprint density at radius 3 is 2.68 bits per heavy atom. The largest absolute Gasteiger partial charge is 0.454 e. The topological polar surface area (TPSA) is 80.2 Å². The van der Waals surface area contributed by atoms with Crippen molar-refractivity contribution in [3.63, 3.8) is 0 Å². The molecule has 0 radical (unpaired) electrons. The molecule has 0 spiro atoms. The molecule has 5 rings (SSSR count). The van der Waals surface area contributed by atoms with Crippen molar-refractivity contribution in [3.05, 3.63) is 83.4 Å². The van der Waals surface area contributed by atoms with E-state index in [1.54, 1.807) is 24.3 Å². The van der Waals surface area contributed by atoms with Crippen LogP contribution >= 0.6 is 23.4 Å². The molecule has 2 amide bonds. The molecule has 2 heterocycles. The molecule has 3 aromatic carbocycles. The predicted octanol–water partition coefficient (Wildman–Crippen LogP) is 5.10. The average Bonchev–Trinajstić information content (AvgIpc) is 3.41. The number of carbonyl (C=O) groups is 2. The van der Waals surface area contributed by atoms with Crippen molar-refractivity contribution in [3.8, 4) is 11.5 Å². The Morgan fingerprint density at radius 1 is 1.03 bits per heavy atom. The second kappa shape index (κ2) is 9.79. The van der Waals surface area contributed by atoms with E-state index in [4.69, 9.17) is 26.1 Å². The number of hydrogen-bond acceptors (Lipinski definition) is 6. The molecule has 2 aliphatic rings. The van der Waals surface area contributed by atoms with E-state index in [2.05, 4.69) is 5.32 Å². The minimum Gasteiger partial charge on any atom is -0.454 e. The maximum absolute atomic E-state index is 13.1. The summed E-state index contributed by atoms with van der Waals surface area (Å²) in [5, 5.41) is 3.69. The number of anilines is 2. The molecular weight excluding hydrogens is 474 g/mol. The highest BCUT2D eigenvalue weighted by atomic mass is 35.5. The van der Waals surface area contributed by atoms with Crippen LogP contribution in [0.3, 0.4) is 0 Å². The number of ether oxygens (including phenoxy) is 2. The number of para-hydroxylation sites is 1. The molecule has 1 unspecified atom stereocenters. The molecule has 1 saturated heterocycles. The molecule has 172 valence electrons. The fourth-order valence-corrected chi connectivity index (χ4v) is 4.87. The van der Waals surface area contributed by atoms with Crippen LogP contribution in [0.2, 0.25) is 5.02 Å². The van der Waals surface area contributed by atoms with Gasteiger partial charge in [-0.3, -0.25) is 14.6 Å². The first-order valence-corrected chi connectivity index (χ1v) is 11.9.